The molecular weight excluding hydrogens is 258 g/mol. The largest absolute Gasteiger partial charge is 0.478 e. The van der Waals surface area contributed by atoms with E-state index in [2.05, 4.69) is 9.97 Å². The maximum absolute atomic E-state index is 11.0. The molecule has 102 valence electrons. The van der Waals surface area contributed by atoms with E-state index in [-0.39, 0.29) is 5.56 Å². The molecule has 6 nitrogen and oxygen atoms in total. The number of carboxylic acids is 1. The van der Waals surface area contributed by atoms with Crippen LogP contribution < -0.4 is 0 Å². The Balaban J connectivity index is 2.28. The molecule has 3 rings (SSSR count). The highest BCUT2D eigenvalue weighted by atomic mass is 16.4. The number of hydrogen-bond donors (Lipinski definition) is 2. The Morgan fingerprint density at radius 3 is 2.85 bits per heavy atom. The first kappa shape index (κ1) is 12.6. The predicted octanol–water partition coefficient (Wildman–Crippen LogP) is 1.66. The lowest BCUT2D eigenvalue weighted by Crippen LogP contribution is -2.10. The van der Waals surface area contributed by atoms with Gasteiger partial charge in [0.1, 0.15) is 5.52 Å². The highest BCUT2D eigenvalue weighted by Gasteiger charge is 2.11. The minimum Gasteiger partial charge on any atom is -0.478 e. The van der Waals surface area contributed by atoms with Crippen molar-refractivity contribution in [1.82, 2.24) is 14.5 Å². The molecule has 0 aliphatic heterocycles. The zero-order valence-electron chi connectivity index (χ0n) is 10.8. The van der Waals surface area contributed by atoms with Gasteiger partial charge >= 0.3 is 5.97 Å². The number of imidazole rings is 1. The van der Waals surface area contributed by atoms with E-state index in [0.717, 1.165) is 16.4 Å². The van der Waals surface area contributed by atoms with Crippen molar-refractivity contribution in [3.05, 3.63) is 36.3 Å². The third-order valence-corrected chi connectivity index (χ3v) is 3.15. The molecule has 2 N–H and O–H groups in total. The first-order valence-electron chi connectivity index (χ1n) is 6.21. The molecule has 1 atom stereocenters. The van der Waals surface area contributed by atoms with Crippen molar-refractivity contribution in [3.8, 4) is 0 Å². The summed E-state index contributed by atoms with van der Waals surface area (Å²) >= 11 is 0. The first-order valence-corrected chi connectivity index (χ1v) is 6.21. The molecule has 0 radical (unpaired) electrons. The summed E-state index contributed by atoms with van der Waals surface area (Å²) in [6.45, 7) is 2.13. The van der Waals surface area contributed by atoms with E-state index in [9.17, 15) is 9.90 Å². The average Bonchev–Trinajstić information content (AvgIpc) is 2.80. The molecule has 0 spiro atoms. The predicted molar refractivity (Wildman–Crippen MR) is 73.7 cm³/mol. The normalized spacial score (nSPS) is 12.9. The minimum atomic E-state index is -0.980. The Kier molecular flexibility index (Phi) is 2.87. The van der Waals surface area contributed by atoms with E-state index in [4.69, 9.17) is 5.11 Å². The van der Waals surface area contributed by atoms with Gasteiger partial charge in [0.25, 0.3) is 0 Å². The molecular formula is C14H13N3O3. The number of hydrogen-bond acceptors (Lipinski definition) is 4. The monoisotopic (exact) mass is 271 g/mol. The molecule has 6 heteroatoms. The number of rotatable bonds is 3. The Bertz CT molecular complexity index is 808. The molecule has 2 aromatic heterocycles. The van der Waals surface area contributed by atoms with Gasteiger partial charge in [0.2, 0.25) is 0 Å². The summed E-state index contributed by atoms with van der Waals surface area (Å²) in [5, 5.41) is 19.4. The van der Waals surface area contributed by atoms with Gasteiger partial charge in [-0.3, -0.25) is 4.98 Å². The van der Waals surface area contributed by atoms with Crippen LogP contribution >= 0.6 is 0 Å². The molecule has 1 unspecified atom stereocenters. The Labute approximate surface area is 114 Å². The fraction of sp³-hybridized carbons (Fsp3) is 0.214. The number of carboxylic acid groups (broad SMARTS) is 1. The molecule has 2 heterocycles. The lowest BCUT2D eigenvalue weighted by molar-refractivity contribution is 0.0697. The van der Waals surface area contributed by atoms with Crippen LogP contribution in [0.2, 0.25) is 0 Å². The maximum Gasteiger partial charge on any atom is 0.335 e. The third kappa shape index (κ3) is 2.00. The number of benzene rings is 1. The van der Waals surface area contributed by atoms with Gasteiger partial charge in [-0.15, -0.1) is 0 Å². The Morgan fingerprint density at radius 2 is 2.15 bits per heavy atom. The smallest absolute Gasteiger partial charge is 0.335 e. The van der Waals surface area contributed by atoms with Crippen molar-refractivity contribution in [2.24, 2.45) is 0 Å². The number of aromatic carboxylic acids is 1. The van der Waals surface area contributed by atoms with Gasteiger partial charge in [0.15, 0.2) is 0 Å². The summed E-state index contributed by atoms with van der Waals surface area (Å²) in [4.78, 5) is 19.5. The van der Waals surface area contributed by atoms with Crippen LogP contribution in [0.3, 0.4) is 0 Å². The molecule has 0 aliphatic carbocycles. The molecule has 1 aromatic carbocycles. The minimum absolute atomic E-state index is 0.200. The fourth-order valence-corrected chi connectivity index (χ4v) is 2.31. The summed E-state index contributed by atoms with van der Waals surface area (Å²) < 4.78 is 1.85. The van der Waals surface area contributed by atoms with E-state index in [1.54, 1.807) is 31.6 Å². The molecule has 0 bridgehead atoms. The van der Waals surface area contributed by atoms with E-state index < -0.39 is 12.1 Å². The second-order valence-corrected chi connectivity index (χ2v) is 4.78. The van der Waals surface area contributed by atoms with Crippen LogP contribution in [0, 0.1) is 0 Å². The van der Waals surface area contributed by atoms with Gasteiger partial charge in [-0.2, -0.15) is 0 Å². The Hall–Kier alpha value is -2.47. The number of aliphatic hydroxyl groups excluding tert-OH is 1. The van der Waals surface area contributed by atoms with Crippen LogP contribution in [0.4, 0.5) is 0 Å². The molecule has 20 heavy (non-hydrogen) atoms. The standard InChI is InChI=1S/C14H13N3O3/c1-8(18)6-17-7-16-12-5-15-11-4-9(14(19)20)2-3-10(11)13(12)17/h2-5,7-8,18H,6H2,1H3,(H,19,20). The summed E-state index contributed by atoms with van der Waals surface area (Å²) in [7, 11) is 0. The van der Waals surface area contributed by atoms with Gasteiger partial charge in [0, 0.05) is 11.9 Å². The summed E-state index contributed by atoms with van der Waals surface area (Å²) in [6, 6.07) is 4.82. The number of aliphatic hydroxyl groups is 1. The van der Waals surface area contributed by atoms with Gasteiger partial charge in [0.05, 0.1) is 35.2 Å². The lowest BCUT2D eigenvalue weighted by Gasteiger charge is -2.08. The van der Waals surface area contributed by atoms with Crippen LogP contribution in [-0.2, 0) is 6.54 Å². The van der Waals surface area contributed by atoms with Crippen molar-refractivity contribution in [1.29, 1.82) is 0 Å². The number of carbonyl (C=O) groups is 1. The average molecular weight is 271 g/mol. The van der Waals surface area contributed by atoms with Crippen LogP contribution in [-0.4, -0.2) is 36.8 Å². The molecule has 0 fully saturated rings. The van der Waals surface area contributed by atoms with Gasteiger partial charge < -0.3 is 14.8 Å². The van der Waals surface area contributed by atoms with Gasteiger partial charge in [-0.1, -0.05) is 0 Å². The molecule has 0 saturated heterocycles. The van der Waals surface area contributed by atoms with Crippen LogP contribution in [0.5, 0.6) is 0 Å². The SMILES string of the molecule is CC(O)Cn1cnc2cnc3cc(C(=O)O)ccc3c21. The first-order chi connectivity index (χ1) is 9.56. The molecule has 3 aromatic rings. The Morgan fingerprint density at radius 1 is 1.35 bits per heavy atom. The van der Waals surface area contributed by atoms with Crippen molar-refractivity contribution in [3.63, 3.8) is 0 Å². The highest BCUT2D eigenvalue weighted by molar-refractivity contribution is 6.04. The summed E-state index contributed by atoms with van der Waals surface area (Å²) in [6.07, 6.45) is 2.78. The van der Waals surface area contributed by atoms with Crippen molar-refractivity contribution < 1.29 is 15.0 Å². The van der Waals surface area contributed by atoms with E-state index in [1.807, 2.05) is 4.57 Å². The second-order valence-electron chi connectivity index (χ2n) is 4.78. The quantitative estimate of drug-likeness (QED) is 0.756. The second kappa shape index (κ2) is 4.57. The number of nitrogens with zero attached hydrogens (tertiary/aromatic N) is 3. The fourth-order valence-electron chi connectivity index (χ4n) is 2.31. The third-order valence-electron chi connectivity index (χ3n) is 3.15. The zero-order chi connectivity index (χ0) is 14.3. The van der Waals surface area contributed by atoms with Gasteiger partial charge in [-0.05, 0) is 25.1 Å². The highest BCUT2D eigenvalue weighted by Crippen LogP contribution is 2.24. The number of pyridine rings is 1. The van der Waals surface area contributed by atoms with Gasteiger partial charge in [-0.25, -0.2) is 9.78 Å². The lowest BCUT2D eigenvalue weighted by atomic mass is 10.1. The molecule has 0 aliphatic rings. The van der Waals surface area contributed by atoms with E-state index >= 15 is 0 Å². The van der Waals surface area contributed by atoms with Crippen LogP contribution in [0.15, 0.2) is 30.7 Å². The van der Waals surface area contributed by atoms with Crippen molar-refractivity contribution in [2.45, 2.75) is 19.6 Å². The summed E-state index contributed by atoms with van der Waals surface area (Å²) in [5.74, 6) is -0.980. The molecule has 0 amide bonds. The van der Waals surface area contributed by atoms with Crippen LogP contribution in [0.1, 0.15) is 17.3 Å². The van der Waals surface area contributed by atoms with Crippen molar-refractivity contribution in [2.75, 3.05) is 0 Å². The maximum atomic E-state index is 11.0. The topological polar surface area (TPSA) is 88.2 Å². The number of fused-ring (bicyclic) bond motifs is 3. The number of aromatic nitrogens is 3. The van der Waals surface area contributed by atoms with E-state index in [1.165, 1.54) is 6.07 Å². The van der Waals surface area contributed by atoms with Crippen LogP contribution in [0.25, 0.3) is 21.9 Å². The van der Waals surface area contributed by atoms with E-state index in [0.29, 0.717) is 12.1 Å². The molecule has 0 saturated carbocycles. The summed E-state index contributed by atoms with van der Waals surface area (Å²) in [5.41, 5.74) is 2.38. The van der Waals surface area contributed by atoms with Crippen molar-refractivity contribution >= 4 is 27.9 Å². The zero-order valence-corrected chi connectivity index (χ0v) is 10.8.